The standard InChI is InChI=1S/C17H18F3NO5S2/c1-10(2)9-13(22)16(23)21-15-8-7-14(27(15)28(24)25)11-3-5-12(6-4-11)26-17(18,19)20/h3-8,10,13,22H,9H2,1-2H3,(H,21,23). The van der Waals surface area contributed by atoms with Crippen LogP contribution < -0.4 is 10.1 Å². The fourth-order valence-electron chi connectivity index (χ4n) is 2.41. The first kappa shape index (κ1) is 22.2. The van der Waals surface area contributed by atoms with Gasteiger partial charge in [-0.05, 0) is 42.2 Å². The Bertz CT molecular complexity index is 940. The Kier molecular flexibility index (Phi) is 7.07. The van der Waals surface area contributed by atoms with Crippen molar-refractivity contribution in [3.8, 4) is 5.75 Å². The lowest BCUT2D eigenvalue weighted by Crippen LogP contribution is -2.35. The topological polar surface area (TPSA) is 92.7 Å². The molecule has 0 aliphatic carbocycles. The summed E-state index contributed by atoms with van der Waals surface area (Å²) in [4.78, 5) is 12.4. The van der Waals surface area contributed by atoms with Gasteiger partial charge in [0.1, 0.15) is 11.9 Å². The molecule has 0 fully saturated rings. The lowest BCUT2D eigenvalue weighted by molar-refractivity contribution is -0.274. The van der Waals surface area contributed by atoms with Crippen LogP contribution in [0.1, 0.15) is 25.8 Å². The second-order valence-corrected chi connectivity index (χ2v) is 9.88. The number of rotatable bonds is 6. The van der Waals surface area contributed by atoms with Gasteiger partial charge < -0.3 is 15.2 Å². The molecule has 154 valence electrons. The van der Waals surface area contributed by atoms with E-state index in [1.807, 2.05) is 13.8 Å². The van der Waals surface area contributed by atoms with Crippen molar-refractivity contribution in [2.24, 2.45) is 5.92 Å². The van der Waals surface area contributed by atoms with Crippen LogP contribution in [0, 0.1) is 5.92 Å². The molecule has 0 bridgehead atoms. The molecule has 2 atom stereocenters. The minimum atomic E-state index is -4.83. The minimum absolute atomic E-state index is 0.0660. The maximum atomic E-state index is 12.2. The molecule has 1 aromatic rings. The first-order valence-electron chi connectivity index (χ1n) is 8.09. The highest BCUT2D eigenvalue weighted by atomic mass is 32.9. The van der Waals surface area contributed by atoms with Gasteiger partial charge >= 0.3 is 6.36 Å². The number of amides is 1. The van der Waals surface area contributed by atoms with Crippen LogP contribution >= 0.6 is 0 Å². The summed E-state index contributed by atoms with van der Waals surface area (Å²) in [5, 5.41) is 12.4. The number of carbonyl (C=O) groups is 1. The van der Waals surface area contributed by atoms with Crippen molar-refractivity contribution in [1.82, 2.24) is 5.32 Å². The number of hydrogen-bond donors (Lipinski definition) is 2. The Labute approximate surface area is 162 Å². The van der Waals surface area contributed by atoms with E-state index in [4.69, 9.17) is 0 Å². The largest absolute Gasteiger partial charge is 0.573 e. The number of ether oxygens (including phenoxy) is 1. The van der Waals surface area contributed by atoms with Crippen LogP contribution in [0.2, 0.25) is 0 Å². The number of benzene rings is 1. The fourth-order valence-corrected chi connectivity index (χ4v) is 5.49. The lowest BCUT2D eigenvalue weighted by atomic mass is 10.1. The van der Waals surface area contributed by atoms with Crippen LogP contribution in [0.25, 0.3) is 4.91 Å². The molecule has 1 aromatic carbocycles. The molecular formula is C17H18F3NO5S2. The maximum absolute atomic E-state index is 12.2. The molecule has 0 aromatic heterocycles. The predicted molar refractivity (Wildman–Crippen MR) is 99.1 cm³/mol. The molecule has 1 aliphatic rings. The zero-order valence-electron chi connectivity index (χ0n) is 14.9. The normalized spacial score (nSPS) is 17.8. The Morgan fingerprint density at radius 2 is 1.82 bits per heavy atom. The quantitative estimate of drug-likeness (QED) is 0.714. The molecule has 28 heavy (non-hydrogen) atoms. The summed E-state index contributed by atoms with van der Waals surface area (Å²) in [5.74, 6) is -1.08. The van der Waals surface area contributed by atoms with E-state index in [1.165, 1.54) is 24.3 Å². The zero-order valence-corrected chi connectivity index (χ0v) is 16.5. The average molecular weight is 437 g/mol. The number of carbonyl (C=O) groups excluding carboxylic acids is 1. The Balaban J connectivity index is 2.19. The number of nitrogens with one attached hydrogen (secondary N) is 1. The minimum Gasteiger partial charge on any atom is -0.406 e. The molecule has 1 heterocycles. The zero-order chi connectivity index (χ0) is 21.1. The second-order valence-electron chi connectivity index (χ2n) is 6.24. The van der Waals surface area contributed by atoms with Crippen LogP contribution in [0.15, 0.2) is 41.4 Å². The number of aliphatic hydroxyl groups excluding tert-OH is 1. The number of aliphatic hydroxyl groups is 1. The molecule has 2 unspecified atom stereocenters. The number of halogens is 3. The summed E-state index contributed by atoms with van der Waals surface area (Å²) in [6.07, 6.45) is -3.04. The van der Waals surface area contributed by atoms with Gasteiger partial charge in [0.2, 0.25) is 0 Å². The molecule has 0 radical (unpaired) electrons. The van der Waals surface area contributed by atoms with Gasteiger partial charge in [0.25, 0.3) is 15.2 Å². The molecule has 0 spiro atoms. The van der Waals surface area contributed by atoms with E-state index in [0.717, 1.165) is 12.1 Å². The van der Waals surface area contributed by atoms with Gasteiger partial charge in [-0.25, -0.2) is 0 Å². The summed E-state index contributed by atoms with van der Waals surface area (Å²) < 4.78 is 64.0. The second kappa shape index (κ2) is 8.93. The highest BCUT2D eigenvalue weighted by Crippen LogP contribution is 2.31. The lowest BCUT2D eigenvalue weighted by Gasteiger charge is -2.15. The predicted octanol–water partition coefficient (Wildman–Crippen LogP) is 2.72. The van der Waals surface area contributed by atoms with Gasteiger partial charge in [-0.15, -0.1) is 13.2 Å². The molecule has 11 heteroatoms. The summed E-state index contributed by atoms with van der Waals surface area (Å²) in [6, 6.07) is 4.74. The van der Waals surface area contributed by atoms with E-state index in [-0.39, 0.29) is 17.4 Å². The third-order valence-corrected chi connectivity index (χ3v) is 7.11. The van der Waals surface area contributed by atoms with Crippen molar-refractivity contribution in [3.05, 3.63) is 47.0 Å². The van der Waals surface area contributed by atoms with E-state index in [0.29, 0.717) is 10.5 Å². The summed E-state index contributed by atoms with van der Waals surface area (Å²) in [7, 11) is -4.18. The van der Waals surface area contributed by atoms with E-state index in [9.17, 15) is 31.5 Å². The Hall–Kier alpha value is -2.11. The van der Waals surface area contributed by atoms with E-state index < -0.39 is 42.8 Å². The number of alkyl halides is 3. The highest BCUT2D eigenvalue weighted by Gasteiger charge is 2.31. The van der Waals surface area contributed by atoms with Gasteiger partial charge in [0, 0.05) is 14.4 Å². The average Bonchev–Trinajstić information content (AvgIpc) is 2.97. The van der Waals surface area contributed by atoms with Gasteiger partial charge in [-0.2, -0.15) is 8.42 Å². The SMILES string of the molecule is CC(C)CC(O)C(=O)NC1=CC=C(c2ccc(OC(F)(F)F)cc2)S1=S(=O)=O. The molecule has 0 saturated heterocycles. The molecule has 6 nitrogen and oxygen atoms in total. The number of hydrogen-bond acceptors (Lipinski definition) is 5. The van der Waals surface area contributed by atoms with Gasteiger partial charge in [0.05, 0.1) is 5.03 Å². The van der Waals surface area contributed by atoms with Gasteiger partial charge in [-0.1, -0.05) is 26.0 Å². The highest BCUT2D eigenvalue weighted by molar-refractivity contribution is 8.40. The van der Waals surface area contributed by atoms with Crippen molar-refractivity contribution < 1.29 is 36.2 Å². The molecule has 1 aliphatic heterocycles. The van der Waals surface area contributed by atoms with E-state index in [1.54, 1.807) is 0 Å². The van der Waals surface area contributed by atoms with Crippen molar-refractivity contribution >= 4 is 29.5 Å². The van der Waals surface area contributed by atoms with E-state index in [2.05, 4.69) is 10.1 Å². The monoisotopic (exact) mass is 437 g/mol. The van der Waals surface area contributed by atoms with Crippen LogP contribution in [0.4, 0.5) is 13.2 Å². The van der Waals surface area contributed by atoms with Crippen molar-refractivity contribution in [1.29, 1.82) is 0 Å². The van der Waals surface area contributed by atoms with Crippen LogP contribution in [-0.2, 0) is 23.5 Å². The molecule has 2 rings (SSSR count). The molecule has 1 amide bonds. The third-order valence-electron chi connectivity index (χ3n) is 3.54. The van der Waals surface area contributed by atoms with Gasteiger partial charge in [0.15, 0.2) is 0 Å². The first-order valence-corrected chi connectivity index (χ1v) is 10.9. The van der Waals surface area contributed by atoms with Crippen LogP contribution in [0.5, 0.6) is 5.75 Å². The summed E-state index contributed by atoms with van der Waals surface area (Å²) in [5.41, 5.74) is 0.366. The van der Waals surface area contributed by atoms with Crippen molar-refractivity contribution in [2.75, 3.05) is 0 Å². The molecule has 2 N–H and O–H groups in total. The molecular weight excluding hydrogens is 419 g/mol. The fraction of sp³-hybridized carbons (Fsp3) is 0.353. The first-order chi connectivity index (χ1) is 13.0. The summed E-state index contributed by atoms with van der Waals surface area (Å²) in [6.45, 7) is 3.66. The van der Waals surface area contributed by atoms with Crippen molar-refractivity contribution in [2.45, 2.75) is 32.7 Å². The smallest absolute Gasteiger partial charge is 0.406 e. The van der Waals surface area contributed by atoms with Crippen LogP contribution in [-0.4, -0.2) is 31.9 Å². The Morgan fingerprint density at radius 3 is 2.32 bits per heavy atom. The maximum Gasteiger partial charge on any atom is 0.573 e. The number of allylic oxidation sites excluding steroid dienone is 2. The van der Waals surface area contributed by atoms with E-state index >= 15 is 0 Å². The molecule has 0 saturated carbocycles. The van der Waals surface area contributed by atoms with Crippen LogP contribution in [0.3, 0.4) is 0 Å². The third kappa shape index (κ3) is 5.94. The van der Waals surface area contributed by atoms with Crippen molar-refractivity contribution in [3.63, 3.8) is 0 Å². The van der Waals surface area contributed by atoms with Gasteiger partial charge in [-0.3, -0.25) is 4.79 Å². The Morgan fingerprint density at radius 1 is 1.21 bits per heavy atom. The summed E-state index contributed by atoms with van der Waals surface area (Å²) >= 11 is 0.